The molecule has 0 aliphatic carbocycles. The standard InChI is InChI=1S/C20H22FN7O/c1-22-14-5-3-13(4-6-14)17-11-28(8-7-24-17)20-26-16(9-18(29)27(20)2)19-15(21)10-23-12-25-19/h3-6,10,12,16-17,20,24,26H,7-9,11H2,2H3. The van der Waals surface area contributed by atoms with Gasteiger partial charge in [-0.05, 0) is 5.56 Å². The van der Waals surface area contributed by atoms with Gasteiger partial charge in [0.1, 0.15) is 12.6 Å². The highest BCUT2D eigenvalue weighted by Crippen LogP contribution is 2.27. The monoisotopic (exact) mass is 395 g/mol. The van der Waals surface area contributed by atoms with Crippen molar-refractivity contribution in [2.45, 2.75) is 24.8 Å². The van der Waals surface area contributed by atoms with Gasteiger partial charge in [-0.2, -0.15) is 0 Å². The first-order chi connectivity index (χ1) is 14.1. The number of benzene rings is 1. The molecule has 2 aliphatic heterocycles. The molecule has 8 nitrogen and oxygen atoms in total. The summed E-state index contributed by atoms with van der Waals surface area (Å²) >= 11 is 0. The summed E-state index contributed by atoms with van der Waals surface area (Å²) in [5, 5.41) is 6.87. The third-order valence-electron chi connectivity index (χ3n) is 5.49. The highest BCUT2D eigenvalue weighted by molar-refractivity contribution is 5.77. The first-order valence-electron chi connectivity index (χ1n) is 9.49. The van der Waals surface area contributed by atoms with E-state index in [4.69, 9.17) is 6.57 Å². The Kier molecular flexibility index (Phi) is 5.49. The largest absolute Gasteiger partial charge is 0.317 e. The van der Waals surface area contributed by atoms with Crippen molar-refractivity contribution >= 4 is 11.6 Å². The van der Waals surface area contributed by atoms with Crippen LogP contribution in [0.4, 0.5) is 10.1 Å². The first kappa shape index (κ1) is 19.4. The van der Waals surface area contributed by atoms with Gasteiger partial charge in [-0.3, -0.25) is 15.0 Å². The Bertz CT molecular complexity index is 929. The van der Waals surface area contributed by atoms with Gasteiger partial charge in [-0.25, -0.2) is 19.2 Å². The second-order valence-electron chi connectivity index (χ2n) is 7.26. The number of carbonyl (C=O) groups is 1. The lowest BCUT2D eigenvalue weighted by Crippen LogP contribution is -2.65. The maximum absolute atomic E-state index is 14.2. The Morgan fingerprint density at radius 1 is 1.28 bits per heavy atom. The third-order valence-corrected chi connectivity index (χ3v) is 5.49. The van der Waals surface area contributed by atoms with Gasteiger partial charge in [0.25, 0.3) is 0 Å². The van der Waals surface area contributed by atoms with Crippen molar-refractivity contribution in [1.29, 1.82) is 0 Å². The zero-order chi connectivity index (χ0) is 20.4. The molecule has 1 aromatic carbocycles. The Morgan fingerprint density at radius 3 is 2.79 bits per heavy atom. The molecule has 0 spiro atoms. The summed E-state index contributed by atoms with van der Waals surface area (Å²) in [6.45, 7) is 9.26. The van der Waals surface area contributed by atoms with Crippen molar-refractivity contribution in [2.24, 2.45) is 0 Å². The Labute approximate surface area is 168 Å². The predicted octanol–water partition coefficient (Wildman–Crippen LogP) is 1.59. The number of hydrogen-bond acceptors (Lipinski definition) is 6. The molecule has 3 unspecified atom stereocenters. The van der Waals surface area contributed by atoms with E-state index in [2.05, 4.69) is 30.3 Å². The summed E-state index contributed by atoms with van der Waals surface area (Å²) in [5.74, 6) is -0.576. The molecular formula is C20H22FN7O. The number of hydrogen-bond donors (Lipinski definition) is 2. The van der Waals surface area contributed by atoms with E-state index in [0.29, 0.717) is 12.2 Å². The summed E-state index contributed by atoms with van der Waals surface area (Å²) in [4.78, 5) is 27.6. The fourth-order valence-electron chi connectivity index (χ4n) is 3.91. The number of nitrogens with zero attached hydrogens (tertiary/aromatic N) is 5. The SMILES string of the molecule is [C-]#[N+]c1ccc(C2CN(C3NC(c4ncncc4F)CC(=O)N3C)CCN2)cc1. The smallest absolute Gasteiger partial charge is 0.226 e. The van der Waals surface area contributed by atoms with Gasteiger partial charge in [0.05, 0.1) is 24.5 Å². The first-order valence-corrected chi connectivity index (χ1v) is 9.49. The van der Waals surface area contributed by atoms with Crippen LogP contribution in [0.2, 0.25) is 0 Å². The summed E-state index contributed by atoms with van der Waals surface area (Å²) in [6.07, 6.45) is 2.21. The van der Waals surface area contributed by atoms with Gasteiger partial charge in [-0.15, -0.1) is 0 Å². The number of halogens is 1. The Hall–Kier alpha value is -2.93. The molecule has 1 amide bonds. The molecule has 3 heterocycles. The van der Waals surface area contributed by atoms with Crippen molar-refractivity contribution in [2.75, 3.05) is 26.7 Å². The van der Waals surface area contributed by atoms with Crippen molar-refractivity contribution in [3.05, 3.63) is 65.3 Å². The van der Waals surface area contributed by atoms with Crippen LogP contribution in [0, 0.1) is 12.4 Å². The summed E-state index contributed by atoms with van der Waals surface area (Å²) in [7, 11) is 1.76. The zero-order valence-electron chi connectivity index (χ0n) is 16.0. The molecule has 2 fully saturated rings. The van der Waals surface area contributed by atoms with E-state index in [9.17, 15) is 9.18 Å². The van der Waals surface area contributed by atoms with Crippen LogP contribution < -0.4 is 10.6 Å². The molecule has 150 valence electrons. The lowest BCUT2D eigenvalue weighted by molar-refractivity contribution is -0.144. The van der Waals surface area contributed by atoms with Crippen LogP contribution in [0.1, 0.15) is 29.8 Å². The normalized spacial score (nSPS) is 25.6. The molecule has 3 atom stereocenters. The van der Waals surface area contributed by atoms with Crippen LogP contribution in [-0.4, -0.2) is 58.6 Å². The number of aromatic nitrogens is 2. The maximum atomic E-state index is 14.2. The lowest BCUT2D eigenvalue weighted by Gasteiger charge is -2.46. The summed E-state index contributed by atoms with van der Waals surface area (Å²) in [6, 6.07) is 7.10. The summed E-state index contributed by atoms with van der Waals surface area (Å²) in [5.41, 5.74) is 1.91. The van der Waals surface area contributed by atoms with Gasteiger partial charge >= 0.3 is 0 Å². The molecule has 2 saturated heterocycles. The topological polar surface area (TPSA) is 77.8 Å². The quantitative estimate of drug-likeness (QED) is 0.769. The van der Waals surface area contributed by atoms with Crippen molar-refractivity contribution in [3.8, 4) is 0 Å². The molecule has 0 saturated carbocycles. The fraction of sp³-hybridized carbons (Fsp3) is 0.400. The minimum absolute atomic E-state index is 0.0618. The average molecular weight is 395 g/mol. The van der Waals surface area contributed by atoms with Crippen LogP contribution in [-0.2, 0) is 4.79 Å². The molecule has 0 radical (unpaired) electrons. The number of amides is 1. The van der Waals surface area contributed by atoms with Gasteiger partial charge in [0.15, 0.2) is 11.5 Å². The Morgan fingerprint density at radius 2 is 2.07 bits per heavy atom. The van der Waals surface area contributed by atoms with E-state index in [0.717, 1.165) is 24.8 Å². The van der Waals surface area contributed by atoms with E-state index in [1.807, 2.05) is 24.3 Å². The Balaban J connectivity index is 1.53. The van der Waals surface area contributed by atoms with Crippen LogP contribution in [0.15, 0.2) is 36.8 Å². The van der Waals surface area contributed by atoms with E-state index in [1.165, 1.54) is 6.33 Å². The molecule has 2 aromatic rings. The lowest BCUT2D eigenvalue weighted by atomic mass is 10.0. The minimum atomic E-state index is -0.515. The van der Waals surface area contributed by atoms with Crippen molar-refractivity contribution in [3.63, 3.8) is 0 Å². The minimum Gasteiger partial charge on any atom is -0.317 e. The zero-order valence-corrected chi connectivity index (χ0v) is 16.0. The van der Waals surface area contributed by atoms with Crippen LogP contribution in [0.25, 0.3) is 4.85 Å². The molecule has 4 rings (SSSR count). The molecule has 1 aromatic heterocycles. The maximum Gasteiger partial charge on any atom is 0.226 e. The van der Waals surface area contributed by atoms with E-state index < -0.39 is 11.9 Å². The second-order valence-corrected chi connectivity index (χ2v) is 7.26. The van der Waals surface area contributed by atoms with Crippen molar-refractivity contribution in [1.82, 2.24) is 30.4 Å². The van der Waals surface area contributed by atoms with E-state index in [1.54, 1.807) is 11.9 Å². The van der Waals surface area contributed by atoms with Crippen LogP contribution in [0.5, 0.6) is 0 Å². The van der Waals surface area contributed by atoms with E-state index in [-0.39, 0.29) is 30.4 Å². The summed E-state index contributed by atoms with van der Waals surface area (Å²) < 4.78 is 14.2. The second kappa shape index (κ2) is 8.21. The van der Waals surface area contributed by atoms with E-state index >= 15 is 0 Å². The predicted molar refractivity (Wildman–Crippen MR) is 104 cm³/mol. The molecule has 29 heavy (non-hydrogen) atoms. The fourth-order valence-corrected chi connectivity index (χ4v) is 3.91. The number of rotatable bonds is 3. The molecule has 0 bridgehead atoms. The van der Waals surface area contributed by atoms with Gasteiger partial charge in [-0.1, -0.05) is 24.3 Å². The van der Waals surface area contributed by atoms with Gasteiger partial charge in [0, 0.05) is 39.1 Å². The highest BCUT2D eigenvalue weighted by atomic mass is 19.1. The van der Waals surface area contributed by atoms with Gasteiger partial charge in [0.2, 0.25) is 5.91 Å². The third kappa shape index (κ3) is 3.96. The number of nitrogens with one attached hydrogen (secondary N) is 2. The van der Waals surface area contributed by atoms with Crippen molar-refractivity contribution < 1.29 is 9.18 Å². The molecule has 9 heteroatoms. The molecular weight excluding hydrogens is 373 g/mol. The van der Waals surface area contributed by atoms with Crippen LogP contribution >= 0.6 is 0 Å². The molecule has 2 aliphatic rings. The van der Waals surface area contributed by atoms with Crippen LogP contribution in [0.3, 0.4) is 0 Å². The van der Waals surface area contributed by atoms with Gasteiger partial charge < -0.3 is 10.2 Å². The average Bonchev–Trinajstić information content (AvgIpc) is 2.76. The highest BCUT2D eigenvalue weighted by Gasteiger charge is 2.38. The number of piperazine rings is 1. The molecule has 2 N–H and O–H groups in total. The number of carbonyl (C=O) groups excluding carboxylic acids is 1.